The van der Waals surface area contributed by atoms with Crippen molar-refractivity contribution in [3.63, 3.8) is 0 Å². The van der Waals surface area contributed by atoms with Gasteiger partial charge < -0.3 is 14.5 Å². The van der Waals surface area contributed by atoms with Crippen LogP contribution in [0.1, 0.15) is 12.5 Å². The Morgan fingerprint density at radius 1 is 1.41 bits per heavy atom. The quantitative estimate of drug-likeness (QED) is 0.723. The topological polar surface area (TPSA) is 74.2 Å². The van der Waals surface area contributed by atoms with Crippen LogP contribution in [0.4, 0.5) is 9.18 Å². The number of hydrogen-bond donors (Lipinski definition) is 1. The molecule has 3 rings (SSSR count). The summed E-state index contributed by atoms with van der Waals surface area (Å²) in [5, 5.41) is 3.23. The van der Waals surface area contributed by atoms with Crippen LogP contribution in [-0.2, 0) is 15.3 Å². The molecule has 3 amide bonds. The maximum atomic E-state index is 14.1. The molecule has 2 heterocycles. The van der Waals surface area contributed by atoms with E-state index in [1.165, 1.54) is 22.7 Å². The van der Waals surface area contributed by atoms with Gasteiger partial charge in [-0.1, -0.05) is 29.4 Å². The smallest absolute Gasteiger partial charge is 0.325 e. The summed E-state index contributed by atoms with van der Waals surface area (Å²) in [6, 6.07) is 3.41. The summed E-state index contributed by atoms with van der Waals surface area (Å²) >= 11 is 7.38. The van der Waals surface area contributed by atoms with E-state index in [2.05, 4.69) is 10.3 Å². The molecule has 1 aromatic carbocycles. The molecular formula is C17H20ClFN4O3S. The summed E-state index contributed by atoms with van der Waals surface area (Å²) in [5.41, 5.74) is 0.375. The van der Waals surface area contributed by atoms with E-state index >= 15 is 0 Å². The van der Waals surface area contributed by atoms with Gasteiger partial charge in [0.15, 0.2) is 17.4 Å². The molecule has 2 atom stereocenters. The number of ether oxygens (including phenoxy) is 1. The first-order valence-corrected chi connectivity index (χ1v) is 9.86. The van der Waals surface area contributed by atoms with E-state index < -0.39 is 30.0 Å². The lowest BCUT2D eigenvalue weighted by Crippen LogP contribution is -2.63. The third kappa shape index (κ3) is 4.04. The molecule has 0 aliphatic carbocycles. The number of amidine groups is 1. The molecule has 1 fully saturated rings. The largest absolute Gasteiger partial charge is 0.380 e. The highest BCUT2D eigenvalue weighted by atomic mass is 35.5. The Hall–Kier alpha value is -1.84. The van der Waals surface area contributed by atoms with Gasteiger partial charge in [0.1, 0.15) is 5.82 Å². The van der Waals surface area contributed by atoms with Crippen LogP contribution in [-0.4, -0.2) is 65.9 Å². The second-order valence-electron chi connectivity index (χ2n) is 6.05. The van der Waals surface area contributed by atoms with E-state index in [1.54, 1.807) is 24.1 Å². The zero-order valence-electron chi connectivity index (χ0n) is 14.9. The number of nitrogens with one attached hydrogen (secondary N) is 1. The van der Waals surface area contributed by atoms with E-state index in [0.717, 1.165) is 0 Å². The third-order valence-electron chi connectivity index (χ3n) is 4.41. The number of amides is 3. The molecule has 1 aromatic rings. The van der Waals surface area contributed by atoms with Gasteiger partial charge in [0.25, 0.3) is 5.91 Å². The van der Waals surface area contributed by atoms with Gasteiger partial charge in [-0.2, -0.15) is 0 Å². The van der Waals surface area contributed by atoms with Crippen LogP contribution in [0.25, 0.3) is 0 Å². The number of carbonyl (C=O) groups excluding carboxylic acids is 2. The zero-order chi connectivity index (χ0) is 19.6. The Balaban J connectivity index is 1.81. The minimum Gasteiger partial charge on any atom is -0.380 e. The SMILES string of the molecule is CCOCCN1C(SCc2c(F)cccc2Cl)=NC2C1C(=O)NC(=O)N2C. The predicted octanol–water partition coefficient (Wildman–Crippen LogP) is 2.30. The van der Waals surface area contributed by atoms with Crippen molar-refractivity contribution in [2.75, 3.05) is 26.8 Å². The van der Waals surface area contributed by atoms with Gasteiger partial charge in [-0.05, 0) is 19.1 Å². The number of thioether (sulfide) groups is 1. The number of benzene rings is 1. The van der Waals surface area contributed by atoms with Crippen LogP contribution in [0.15, 0.2) is 23.2 Å². The summed E-state index contributed by atoms with van der Waals surface area (Å²) in [4.78, 5) is 32.0. The van der Waals surface area contributed by atoms with Gasteiger partial charge in [-0.25, -0.2) is 14.2 Å². The van der Waals surface area contributed by atoms with Crippen LogP contribution in [0.3, 0.4) is 0 Å². The Kier molecular flexibility index (Phi) is 6.23. The number of urea groups is 1. The average Bonchev–Trinajstić information content (AvgIpc) is 2.99. The third-order valence-corrected chi connectivity index (χ3v) is 5.80. The molecule has 1 N–H and O–H groups in total. The molecule has 0 saturated carbocycles. The van der Waals surface area contributed by atoms with Crippen molar-refractivity contribution in [3.05, 3.63) is 34.6 Å². The highest BCUT2D eigenvalue weighted by Crippen LogP contribution is 2.31. The van der Waals surface area contributed by atoms with E-state index in [1.807, 2.05) is 6.92 Å². The van der Waals surface area contributed by atoms with Crippen molar-refractivity contribution in [2.45, 2.75) is 24.9 Å². The summed E-state index contributed by atoms with van der Waals surface area (Å²) < 4.78 is 19.5. The fourth-order valence-corrected chi connectivity index (χ4v) is 4.40. The fraction of sp³-hybridized carbons (Fsp3) is 0.471. The molecule has 7 nitrogen and oxygen atoms in total. The highest BCUT2D eigenvalue weighted by Gasteiger charge is 2.48. The minimum atomic E-state index is -0.633. The Morgan fingerprint density at radius 3 is 2.89 bits per heavy atom. The first-order chi connectivity index (χ1) is 12.9. The average molecular weight is 415 g/mol. The number of imide groups is 1. The number of fused-ring (bicyclic) bond motifs is 1. The normalized spacial score (nSPS) is 22.0. The number of nitrogens with zero attached hydrogens (tertiary/aromatic N) is 3. The number of rotatable bonds is 6. The number of carbonyl (C=O) groups is 2. The standard InChI is InChI=1S/C17H20ClFN4O3S/c1-3-26-8-7-23-13-14(22(2)16(25)21-15(13)24)20-17(23)27-9-10-11(18)5-4-6-12(10)19/h4-6,13-14H,3,7-9H2,1-2H3,(H,21,24,25). The second kappa shape index (κ2) is 8.45. The minimum absolute atomic E-state index is 0.258. The molecule has 0 radical (unpaired) electrons. The van der Waals surface area contributed by atoms with E-state index in [4.69, 9.17) is 16.3 Å². The van der Waals surface area contributed by atoms with Crippen LogP contribution in [0, 0.1) is 5.82 Å². The van der Waals surface area contributed by atoms with Crippen molar-refractivity contribution >= 4 is 40.5 Å². The molecule has 1 saturated heterocycles. The lowest BCUT2D eigenvalue weighted by atomic mass is 10.1. The van der Waals surface area contributed by atoms with Crippen LogP contribution >= 0.6 is 23.4 Å². The maximum absolute atomic E-state index is 14.1. The summed E-state index contributed by atoms with van der Waals surface area (Å²) in [7, 11) is 1.59. The van der Waals surface area contributed by atoms with Crippen molar-refractivity contribution in [3.8, 4) is 0 Å². The first-order valence-electron chi connectivity index (χ1n) is 8.49. The second-order valence-corrected chi connectivity index (χ2v) is 7.40. The van der Waals surface area contributed by atoms with Crippen LogP contribution in [0.2, 0.25) is 5.02 Å². The summed E-state index contributed by atoms with van der Waals surface area (Å²) in [6.07, 6.45) is -0.619. The summed E-state index contributed by atoms with van der Waals surface area (Å²) in [6.45, 7) is 3.28. The lowest BCUT2D eigenvalue weighted by molar-refractivity contribution is -0.127. The van der Waals surface area contributed by atoms with E-state index in [0.29, 0.717) is 35.5 Å². The number of halogens is 2. The zero-order valence-corrected chi connectivity index (χ0v) is 16.5. The van der Waals surface area contributed by atoms with Crippen LogP contribution < -0.4 is 5.32 Å². The van der Waals surface area contributed by atoms with Gasteiger partial charge in [0, 0.05) is 36.5 Å². The predicted molar refractivity (Wildman–Crippen MR) is 102 cm³/mol. The van der Waals surface area contributed by atoms with Crippen LogP contribution in [0.5, 0.6) is 0 Å². The Bertz CT molecular complexity index is 758. The molecule has 0 spiro atoms. The molecule has 0 bridgehead atoms. The molecule has 146 valence electrons. The number of likely N-dealkylation sites (N-methyl/N-ethyl adjacent to an activating group) is 1. The number of aliphatic imine (C=N–C) groups is 1. The van der Waals surface area contributed by atoms with Crippen molar-refractivity contribution in [1.29, 1.82) is 0 Å². The van der Waals surface area contributed by atoms with Gasteiger partial charge in [0.2, 0.25) is 0 Å². The van der Waals surface area contributed by atoms with Gasteiger partial charge in [-0.15, -0.1) is 0 Å². The molecule has 2 aliphatic rings. The van der Waals surface area contributed by atoms with Crippen molar-refractivity contribution in [1.82, 2.24) is 15.1 Å². The van der Waals surface area contributed by atoms with E-state index in [9.17, 15) is 14.0 Å². The molecule has 27 heavy (non-hydrogen) atoms. The molecule has 10 heteroatoms. The molecular weight excluding hydrogens is 395 g/mol. The van der Waals surface area contributed by atoms with Gasteiger partial charge >= 0.3 is 6.03 Å². The molecule has 0 aromatic heterocycles. The Morgan fingerprint density at radius 2 is 2.19 bits per heavy atom. The van der Waals surface area contributed by atoms with Gasteiger partial charge in [-0.3, -0.25) is 10.1 Å². The maximum Gasteiger partial charge on any atom is 0.325 e. The summed E-state index contributed by atoms with van der Waals surface area (Å²) in [5.74, 6) is -0.534. The van der Waals surface area contributed by atoms with Crippen molar-refractivity contribution in [2.24, 2.45) is 4.99 Å². The highest BCUT2D eigenvalue weighted by molar-refractivity contribution is 8.13. The molecule has 2 unspecified atom stereocenters. The fourth-order valence-electron chi connectivity index (χ4n) is 2.97. The van der Waals surface area contributed by atoms with Crippen molar-refractivity contribution < 1.29 is 18.7 Å². The number of hydrogen-bond acceptors (Lipinski definition) is 6. The first kappa shape index (κ1) is 19.9. The Labute approximate surface area is 165 Å². The lowest BCUT2D eigenvalue weighted by Gasteiger charge is -2.36. The van der Waals surface area contributed by atoms with E-state index in [-0.39, 0.29) is 5.75 Å². The molecule has 2 aliphatic heterocycles. The monoisotopic (exact) mass is 414 g/mol. The van der Waals surface area contributed by atoms with Gasteiger partial charge in [0.05, 0.1) is 6.61 Å².